The van der Waals surface area contributed by atoms with Crippen molar-refractivity contribution in [2.24, 2.45) is 0 Å². The van der Waals surface area contributed by atoms with E-state index in [2.05, 4.69) is 37.4 Å². The van der Waals surface area contributed by atoms with Crippen molar-refractivity contribution in [3.63, 3.8) is 0 Å². The summed E-state index contributed by atoms with van der Waals surface area (Å²) in [5.74, 6) is 2.63. The number of rotatable bonds is 5. The van der Waals surface area contributed by atoms with Crippen LogP contribution in [0.1, 0.15) is 40.8 Å². The highest BCUT2D eigenvalue weighted by molar-refractivity contribution is 5.56. The fourth-order valence-corrected chi connectivity index (χ4v) is 3.69. The Morgan fingerprint density at radius 2 is 1.76 bits per heavy atom. The topological polar surface area (TPSA) is 39.7 Å². The highest BCUT2D eigenvalue weighted by Crippen LogP contribution is 2.41. The van der Waals surface area contributed by atoms with Crippen LogP contribution in [-0.2, 0) is 6.42 Å². The lowest BCUT2D eigenvalue weighted by atomic mass is 9.86. The molecule has 0 spiro atoms. The van der Waals surface area contributed by atoms with Crippen LogP contribution >= 0.6 is 0 Å². The number of hydrogen-bond donors (Lipinski definition) is 1. The summed E-state index contributed by atoms with van der Waals surface area (Å²) >= 11 is 0. The number of benzene rings is 2. The molecule has 25 heavy (non-hydrogen) atoms. The van der Waals surface area contributed by atoms with Crippen LogP contribution in [0.4, 0.5) is 0 Å². The zero-order valence-corrected chi connectivity index (χ0v) is 15.7. The molecule has 0 fully saturated rings. The van der Waals surface area contributed by atoms with Crippen LogP contribution in [0, 0.1) is 13.8 Å². The molecule has 1 aliphatic heterocycles. The van der Waals surface area contributed by atoms with Crippen LogP contribution in [0.5, 0.6) is 17.2 Å². The zero-order chi connectivity index (χ0) is 18.0. The number of nitrogens with one attached hydrogen (secondary N) is 1. The van der Waals surface area contributed by atoms with Crippen molar-refractivity contribution in [3.05, 3.63) is 52.1 Å². The first kappa shape index (κ1) is 17.6. The molecule has 0 bridgehead atoms. The standard InChI is InChI=1S/C21H27NO3/c1-6-25-21-16-9-10-22-20(15(16)7-8-18(21)23-4)17-11-14(3)19(24-5)12-13(17)2/h7-8,11-12,20,22H,6,9-10H2,1-5H3. The van der Waals surface area contributed by atoms with E-state index in [1.54, 1.807) is 14.2 Å². The molecule has 0 amide bonds. The van der Waals surface area contributed by atoms with Crippen LogP contribution in [0.3, 0.4) is 0 Å². The third-order valence-electron chi connectivity index (χ3n) is 4.90. The molecule has 2 aromatic carbocycles. The Morgan fingerprint density at radius 1 is 1.00 bits per heavy atom. The molecule has 0 aliphatic carbocycles. The maximum atomic E-state index is 5.93. The Kier molecular flexibility index (Phi) is 5.19. The molecule has 1 heterocycles. The second-order valence-corrected chi connectivity index (χ2v) is 6.41. The highest BCUT2D eigenvalue weighted by atomic mass is 16.5. The first-order chi connectivity index (χ1) is 12.1. The summed E-state index contributed by atoms with van der Waals surface area (Å²) in [5.41, 5.74) is 6.17. The van der Waals surface area contributed by atoms with E-state index in [1.807, 2.05) is 13.0 Å². The number of hydrogen-bond acceptors (Lipinski definition) is 4. The van der Waals surface area contributed by atoms with Crippen LogP contribution in [-0.4, -0.2) is 27.4 Å². The van der Waals surface area contributed by atoms with Gasteiger partial charge in [-0.25, -0.2) is 0 Å². The Hall–Kier alpha value is -2.20. The second-order valence-electron chi connectivity index (χ2n) is 6.41. The average molecular weight is 341 g/mol. The van der Waals surface area contributed by atoms with Crippen molar-refractivity contribution in [3.8, 4) is 17.2 Å². The van der Waals surface area contributed by atoms with Gasteiger partial charge < -0.3 is 19.5 Å². The quantitative estimate of drug-likeness (QED) is 0.894. The molecule has 2 aromatic rings. The van der Waals surface area contributed by atoms with E-state index in [0.717, 1.165) is 35.8 Å². The number of ether oxygens (including phenoxy) is 3. The normalized spacial score (nSPS) is 16.3. The van der Waals surface area contributed by atoms with E-state index in [-0.39, 0.29) is 6.04 Å². The smallest absolute Gasteiger partial charge is 0.164 e. The molecule has 4 heteroatoms. The summed E-state index contributed by atoms with van der Waals surface area (Å²) in [6, 6.07) is 8.67. The van der Waals surface area contributed by atoms with Gasteiger partial charge in [-0.3, -0.25) is 0 Å². The molecule has 0 aromatic heterocycles. The van der Waals surface area contributed by atoms with E-state index >= 15 is 0 Å². The van der Waals surface area contributed by atoms with Gasteiger partial charge in [-0.05, 0) is 61.6 Å². The molecule has 1 unspecified atom stereocenters. The maximum absolute atomic E-state index is 5.93. The van der Waals surface area contributed by atoms with E-state index in [4.69, 9.17) is 14.2 Å². The summed E-state index contributed by atoms with van der Waals surface area (Å²) in [4.78, 5) is 0. The van der Waals surface area contributed by atoms with Gasteiger partial charge in [-0.2, -0.15) is 0 Å². The fraction of sp³-hybridized carbons (Fsp3) is 0.429. The van der Waals surface area contributed by atoms with Crippen LogP contribution in [0.2, 0.25) is 0 Å². The molecule has 4 nitrogen and oxygen atoms in total. The van der Waals surface area contributed by atoms with Crippen molar-refractivity contribution < 1.29 is 14.2 Å². The minimum Gasteiger partial charge on any atom is -0.496 e. The predicted octanol–water partition coefficient (Wildman–Crippen LogP) is 3.95. The minimum atomic E-state index is 0.151. The summed E-state index contributed by atoms with van der Waals surface area (Å²) < 4.78 is 16.9. The van der Waals surface area contributed by atoms with Crippen molar-refractivity contribution >= 4 is 0 Å². The maximum Gasteiger partial charge on any atom is 0.164 e. The van der Waals surface area contributed by atoms with Gasteiger partial charge in [0.1, 0.15) is 5.75 Å². The first-order valence-corrected chi connectivity index (χ1v) is 8.81. The van der Waals surface area contributed by atoms with E-state index in [0.29, 0.717) is 6.61 Å². The number of methoxy groups -OCH3 is 2. The fourth-order valence-electron chi connectivity index (χ4n) is 3.69. The monoisotopic (exact) mass is 341 g/mol. The Balaban J connectivity index is 2.11. The lowest BCUT2D eigenvalue weighted by Gasteiger charge is -2.31. The lowest BCUT2D eigenvalue weighted by Crippen LogP contribution is -2.31. The third-order valence-corrected chi connectivity index (χ3v) is 4.90. The molecule has 0 radical (unpaired) electrons. The van der Waals surface area contributed by atoms with Gasteiger partial charge in [0, 0.05) is 12.1 Å². The number of fused-ring (bicyclic) bond motifs is 1. The van der Waals surface area contributed by atoms with Crippen molar-refractivity contribution in [1.82, 2.24) is 5.32 Å². The first-order valence-electron chi connectivity index (χ1n) is 8.81. The Labute approximate surface area is 150 Å². The lowest BCUT2D eigenvalue weighted by molar-refractivity contribution is 0.305. The number of aryl methyl sites for hydroxylation is 2. The zero-order valence-electron chi connectivity index (χ0n) is 15.7. The predicted molar refractivity (Wildman–Crippen MR) is 100 cm³/mol. The molecule has 0 saturated carbocycles. The molecular formula is C21H27NO3. The van der Waals surface area contributed by atoms with Crippen molar-refractivity contribution in [2.45, 2.75) is 33.2 Å². The van der Waals surface area contributed by atoms with Gasteiger partial charge in [-0.1, -0.05) is 12.1 Å². The molecule has 1 aliphatic rings. The molecule has 3 rings (SSSR count). The summed E-state index contributed by atoms with van der Waals surface area (Å²) in [5, 5.41) is 3.67. The van der Waals surface area contributed by atoms with Gasteiger partial charge in [0.15, 0.2) is 11.5 Å². The van der Waals surface area contributed by atoms with E-state index < -0.39 is 0 Å². The largest absolute Gasteiger partial charge is 0.496 e. The molecule has 134 valence electrons. The van der Waals surface area contributed by atoms with E-state index in [1.165, 1.54) is 22.3 Å². The average Bonchev–Trinajstić information content (AvgIpc) is 2.63. The van der Waals surface area contributed by atoms with Crippen LogP contribution < -0.4 is 19.5 Å². The SMILES string of the molecule is CCOc1c(OC)ccc2c1CCNC2c1cc(C)c(OC)cc1C. The summed E-state index contributed by atoms with van der Waals surface area (Å²) in [7, 11) is 3.41. The summed E-state index contributed by atoms with van der Waals surface area (Å²) in [6.07, 6.45) is 0.937. The van der Waals surface area contributed by atoms with Crippen LogP contribution in [0.15, 0.2) is 24.3 Å². The van der Waals surface area contributed by atoms with Crippen molar-refractivity contribution in [1.29, 1.82) is 0 Å². The molecule has 1 N–H and O–H groups in total. The van der Waals surface area contributed by atoms with Gasteiger partial charge in [-0.15, -0.1) is 0 Å². The van der Waals surface area contributed by atoms with Gasteiger partial charge >= 0.3 is 0 Å². The molecule has 0 saturated heterocycles. The van der Waals surface area contributed by atoms with Crippen LogP contribution in [0.25, 0.3) is 0 Å². The molecular weight excluding hydrogens is 314 g/mol. The second kappa shape index (κ2) is 7.36. The Bertz CT molecular complexity index is 770. The van der Waals surface area contributed by atoms with Crippen molar-refractivity contribution in [2.75, 3.05) is 27.4 Å². The molecule has 1 atom stereocenters. The Morgan fingerprint density at radius 3 is 2.44 bits per heavy atom. The summed E-state index contributed by atoms with van der Waals surface area (Å²) in [6.45, 7) is 7.78. The minimum absolute atomic E-state index is 0.151. The van der Waals surface area contributed by atoms with Gasteiger partial charge in [0.05, 0.1) is 26.9 Å². The van der Waals surface area contributed by atoms with Gasteiger partial charge in [0.25, 0.3) is 0 Å². The third kappa shape index (κ3) is 3.19. The van der Waals surface area contributed by atoms with Gasteiger partial charge in [0.2, 0.25) is 0 Å². The van der Waals surface area contributed by atoms with E-state index in [9.17, 15) is 0 Å². The highest BCUT2D eigenvalue weighted by Gasteiger charge is 2.27.